The molecule has 17 heavy (non-hydrogen) atoms. The van der Waals surface area contributed by atoms with Gasteiger partial charge in [0.05, 0.1) is 5.69 Å². The maximum absolute atomic E-state index is 11.7. The zero-order chi connectivity index (χ0) is 12.8. The van der Waals surface area contributed by atoms with Crippen molar-refractivity contribution >= 4 is 11.7 Å². The van der Waals surface area contributed by atoms with Crippen LogP contribution in [0.4, 0.5) is 5.82 Å². The minimum atomic E-state index is 0.0388. The summed E-state index contributed by atoms with van der Waals surface area (Å²) in [6.45, 7) is 4.71. The molecule has 0 bridgehead atoms. The fourth-order valence-electron chi connectivity index (χ4n) is 1.74. The molecule has 0 aliphatic carbocycles. The first-order valence-corrected chi connectivity index (χ1v) is 6.03. The highest BCUT2D eigenvalue weighted by atomic mass is 16.1. The van der Waals surface area contributed by atoms with Crippen LogP contribution in [0.1, 0.15) is 31.9 Å². The highest BCUT2D eigenvalue weighted by Gasteiger charge is 2.09. The molecule has 0 saturated heterocycles. The summed E-state index contributed by atoms with van der Waals surface area (Å²) in [6, 6.07) is 1.86. The standard InChI is InChI=1S/C12H22N4O/c1-9(6-7-13)4-5-12(17)14-11-8-10(2)15-16(11)3/h8-9H,4-7,13H2,1-3H3,(H,14,17). The van der Waals surface area contributed by atoms with Crippen molar-refractivity contribution in [2.24, 2.45) is 18.7 Å². The zero-order valence-electron chi connectivity index (χ0n) is 10.9. The van der Waals surface area contributed by atoms with Gasteiger partial charge in [-0.25, -0.2) is 0 Å². The van der Waals surface area contributed by atoms with Gasteiger partial charge in [0.15, 0.2) is 0 Å². The monoisotopic (exact) mass is 238 g/mol. The number of hydrogen-bond acceptors (Lipinski definition) is 3. The second-order valence-corrected chi connectivity index (χ2v) is 4.56. The Balaban J connectivity index is 2.37. The molecule has 1 heterocycles. The number of nitrogens with zero attached hydrogens (tertiary/aromatic N) is 2. The van der Waals surface area contributed by atoms with Gasteiger partial charge in [0.1, 0.15) is 5.82 Å². The molecule has 96 valence electrons. The quantitative estimate of drug-likeness (QED) is 0.787. The summed E-state index contributed by atoms with van der Waals surface area (Å²) < 4.78 is 1.68. The van der Waals surface area contributed by atoms with Crippen LogP contribution >= 0.6 is 0 Å². The smallest absolute Gasteiger partial charge is 0.225 e. The third kappa shape index (κ3) is 4.56. The Bertz CT molecular complexity index is 373. The Kier molecular flexibility index (Phi) is 5.15. The second kappa shape index (κ2) is 6.39. The number of nitrogens with two attached hydrogens (primary N) is 1. The summed E-state index contributed by atoms with van der Waals surface area (Å²) in [7, 11) is 1.82. The molecule has 0 fully saturated rings. The molecule has 0 radical (unpaired) electrons. The predicted molar refractivity (Wildman–Crippen MR) is 68.6 cm³/mol. The Labute approximate surface area is 102 Å². The summed E-state index contributed by atoms with van der Waals surface area (Å²) in [5.74, 6) is 1.29. The van der Waals surface area contributed by atoms with E-state index in [-0.39, 0.29) is 5.91 Å². The number of hydrogen-bond donors (Lipinski definition) is 2. The van der Waals surface area contributed by atoms with Crippen molar-refractivity contribution < 1.29 is 4.79 Å². The Morgan fingerprint density at radius 3 is 2.82 bits per heavy atom. The van der Waals surface area contributed by atoms with Crippen LogP contribution in [-0.4, -0.2) is 22.2 Å². The zero-order valence-corrected chi connectivity index (χ0v) is 10.9. The number of amides is 1. The number of aromatic nitrogens is 2. The van der Waals surface area contributed by atoms with E-state index in [9.17, 15) is 4.79 Å². The van der Waals surface area contributed by atoms with Crippen LogP contribution in [0, 0.1) is 12.8 Å². The largest absolute Gasteiger partial charge is 0.330 e. The first kappa shape index (κ1) is 13.7. The van der Waals surface area contributed by atoms with Crippen molar-refractivity contribution in [2.45, 2.75) is 33.1 Å². The molecule has 1 atom stereocenters. The lowest BCUT2D eigenvalue weighted by molar-refractivity contribution is -0.116. The molecule has 5 heteroatoms. The third-order valence-electron chi connectivity index (χ3n) is 2.79. The van der Waals surface area contributed by atoms with E-state index in [0.29, 0.717) is 18.9 Å². The SMILES string of the molecule is Cc1cc(NC(=O)CCC(C)CCN)n(C)n1. The first-order chi connectivity index (χ1) is 8.02. The molecular weight excluding hydrogens is 216 g/mol. The molecule has 0 spiro atoms. The number of aryl methyl sites for hydroxylation is 2. The van der Waals surface area contributed by atoms with E-state index in [1.807, 2.05) is 20.0 Å². The molecule has 1 rings (SSSR count). The van der Waals surface area contributed by atoms with E-state index in [0.717, 1.165) is 24.4 Å². The molecule has 1 aromatic heterocycles. The molecule has 0 aliphatic rings. The van der Waals surface area contributed by atoms with Gasteiger partial charge < -0.3 is 11.1 Å². The van der Waals surface area contributed by atoms with Gasteiger partial charge in [0.2, 0.25) is 5.91 Å². The van der Waals surface area contributed by atoms with Crippen molar-refractivity contribution in [1.82, 2.24) is 9.78 Å². The van der Waals surface area contributed by atoms with Crippen LogP contribution in [0.5, 0.6) is 0 Å². The number of nitrogens with one attached hydrogen (secondary N) is 1. The summed E-state index contributed by atoms with van der Waals surface area (Å²) in [5.41, 5.74) is 6.37. The summed E-state index contributed by atoms with van der Waals surface area (Å²) in [6.07, 6.45) is 2.38. The van der Waals surface area contributed by atoms with Crippen LogP contribution in [0.15, 0.2) is 6.07 Å². The Morgan fingerprint density at radius 1 is 1.59 bits per heavy atom. The van der Waals surface area contributed by atoms with Gasteiger partial charge in [-0.05, 0) is 32.2 Å². The van der Waals surface area contributed by atoms with Gasteiger partial charge >= 0.3 is 0 Å². The maximum Gasteiger partial charge on any atom is 0.225 e. The molecule has 1 aromatic rings. The van der Waals surface area contributed by atoms with Crippen LogP contribution in [-0.2, 0) is 11.8 Å². The van der Waals surface area contributed by atoms with E-state index < -0.39 is 0 Å². The molecule has 3 N–H and O–H groups in total. The van der Waals surface area contributed by atoms with Crippen molar-refractivity contribution in [3.63, 3.8) is 0 Å². The molecule has 1 amide bonds. The second-order valence-electron chi connectivity index (χ2n) is 4.56. The lowest BCUT2D eigenvalue weighted by Crippen LogP contribution is -2.15. The average molecular weight is 238 g/mol. The topological polar surface area (TPSA) is 72.9 Å². The van der Waals surface area contributed by atoms with Gasteiger partial charge in [-0.1, -0.05) is 6.92 Å². The van der Waals surface area contributed by atoms with Crippen molar-refractivity contribution in [1.29, 1.82) is 0 Å². The van der Waals surface area contributed by atoms with Gasteiger partial charge in [-0.15, -0.1) is 0 Å². The van der Waals surface area contributed by atoms with Crippen molar-refractivity contribution in [3.8, 4) is 0 Å². The predicted octanol–water partition coefficient (Wildman–Crippen LogP) is 1.43. The molecule has 0 saturated carbocycles. The molecule has 5 nitrogen and oxygen atoms in total. The van der Waals surface area contributed by atoms with Crippen LogP contribution in [0.3, 0.4) is 0 Å². The third-order valence-corrected chi connectivity index (χ3v) is 2.79. The minimum absolute atomic E-state index is 0.0388. The van der Waals surface area contributed by atoms with E-state index >= 15 is 0 Å². The number of carbonyl (C=O) groups is 1. The highest BCUT2D eigenvalue weighted by molar-refractivity contribution is 5.89. The van der Waals surface area contributed by atoms with Crippen LogP contribution in [0.25, 0.3) is 0 Å². The number of carbonyl (C=O) groups excluding carboxylic acids is 1. The molecule has 1 unspecified atom stereocenters. The van der Waals surface area contributed by atoms with Crippen molar-refractivity contribution in [2.75, 3.05) is 11.9 Å². The average Bonchev–Trinajstić information content (AvgIpc) is 2.55. The fraction of sp³-hybridized carbons (Fsp3) is 0.667. The van der Waals surface area contributed by atoms with E-state index in [1.54, 1.807) is 4.68 Å². The first-order valence-electron chi connectivity index (χ1n) is 6.03. The van der Waals surface area contributed by atoms with Crippen LogP contribution in [0.2, 0.25) is 0 Å². The van der Waals surface area contributed by atoms with Gasteiger partial charge in [-0.2, -0.15) is 5.10 Å². The van der Waals surface area contributed by atoms with Crippen molar-refractivity contribution in [3.05, 3.63) is 11.8 Å². The summed E-state index contributed by atoms with van der Waals surface area (Å²) in [5, 5.41) is 7.03. The Hall–Kier alpha value is -1.36. The lowest BCUT2D eigenvalue weighted by Gasteiger charge is -2.09. The van der Waals surface area contributed by atoms with Gasteiger partial charge in [-0.3, -0.25) is 9.48 Å². The molecule has 0 aromatic carbocycles. The normalized spacial score (nSPS) is 12.5. The minimum Gasteiger partial charge on any atom is -0.330 e. The van der Waals surface area contributed by atoms with Crippen LogP contribution < -0.4 is 11.1 Å². The van der Waals surface area contributed by atoms with Gasteiger partial charge in [0.25, 0.3) is 0 Å². The lowest BCUT2D eigenvalue weighted by atomic mass is 10.0. The summed E-state index contributed by atoms with van der Waals surface area (Å²) >= 11 is 0. The van der Waals surface area contributed by atoms with E-state index in [1.165, 1.54) is 0 Å². The fourth-order valence-corrected chi connectivity index (χ4v) is 1.74. The molecular formula is C12H22N4O. The van der Waals surface area contributed by atoms with E-state index in [2.05, 4.69) is 17.3 Å². The number of rotatable bonds is 6. The Morgan fingerprint density at radius 2 is 2.29 bits per heavy atom. The van der Waals surface area contributed by atoms with E-state index in [4.69, 9.17) is 5.73 Å². The maximum atomic E-state index is 11.7. The van der Waals surface area contributed by atoms with Gasteiger partial charge in [0, 0.05) is 19.5 Å². The molecule has 0 aliphatic heterocycles. The highest BCUT2D eigenvalue weighted by Crippen LogP contribution is 2.12. The number of anilines is 1. The summed E-state index contributed by atoms with van der Waals surface area (Å²) in [4.78, 5) is 11.7.